The molecule has 0 unspecified atom stereocenters. The molecule has 18 heavy (non-hydrogen) atoms. The van der Waals surface area contributed by atoms with Crippen molar-refractivity contribution in [3.8, 4) is 0 Å². The van der Waals surface area contributed by atoms with Gasteiger partial charge in [-0.2, -0.15) is 0 Å². The lowest BCUT2D eigenvalue weighted by Crippen LogP contribution is -2.33. The van der Waals surface area contributed by atoms with E-state index in [0.29, 0.717) is 5.92 Å². The summed E-state index contributed by atoms with van der Waals surface area (Å²) in [5, 5.41) is 2.91. The molecule has 0 saturated carbocycles. The number of hydrogen-bond donors (Lipinski definition) is 1. The Bertz CT molecular complexity index is 381. The molecule has 0 aliphatic carbocycles. The Morgan fingerprint density at radius 3 is 2.94 bits per heavy atom. The second-order valence-electron chi connectivity index (χ2n) is 4.67. The summed E-state index contributed by atoms with van der Waals surface area (Å²) in [7, 11) is 1.53. The molecule has 1 fully saturated rings. The lowest BCUT2D eigenvalue weighted by molar-refractivity contribution is -0.124. The zero-order valence-corrected chi connectivity index (χ0v) is 10.8. The van der Waals surface area contributed by atoms with Crippen LogP contribution in [0.3, 0.4) is 0 Å². The SMILES string of the molecule is COCC(=O)NC[C@H]1CCN(c2ccccc2)C1. The quantitative estimate of drug-likeness (QED) is 0.853. The summed E-state index contributed by atoms with van der Waals surface area (Å²) in [6.45, 7) is 2.97. The van der Waals surface area contributed by atoms with Crippen molar-refractivity contribution < 1.29 is 9.53 Å². The van der Waals surface area contributed by atoms with E-state index in [-0.39, 0.29) is 12.5 Å². The minimum atomic E-state index is -0.0318. The molecule has 1 aromatic rings. The van der Waals surface area contributed by atoms with E-state index in [1.807, 2.05) is 6.07 Å². The maximum atomic E-state index is 11.3. The lowest BCUT2D eigenvalue weighted by Gasteiger charge is -2.18. The number of methoxy groups -OCH3 is 1. The van der Waals surface area contributed by atoms with Gasteiger partial charge in [0.15, 0.2) is 0 Å². The predicted octanol–water partition coefficient (Wildman–Crippen LogP) is 1.28. The zero-order valence-electron chi connectivity index (χ0n) is 10.8. The van der Waals surface area contributed by atoms with Crippen molar-refractivity contribution >= 4 is 11.6 Å². The standard InChI is InChI=1S/C14H20N2O2/c1-18-11-14(17)15-9-12-7-8-16(10-12)13-5-3-2-4-6-13/h2-6,12H,7-11H2,1H3,(H,15,17)/t12-/m1/s1. The van der Waals surface area contributed by atoms with Gasteiger partial charge in [0, 0.05) is 32.4 Å². The van der Waals surface area contributed by atoms with Crippen LogP contribution in [0.1, 0.15) is 6.42 Å². The number of benzene rings is 1. The number of carbonyl (C=O) groups is 1. The molecule has 4 heteroatoms. The molecule has 1 aromatic carbocycles. The van der Waals surface area contributed by atoms with Gasteiger partial charge in [0.25, 0.3) is 0 Å². The van der Waals surface area contributed by atoms with Crippen LogP contribution in [-0.4, -0.2) is 39.3 Å². The number of rotatable bonds is 5. The summed E-state index contributed by atoms with van der Waals surface area (Å²) < 4.78 is 4.79. The number of para-hydroxylation sites is 1. The Labute approximate surface area is 108 Å². The van der Waals surface area contributed by atoms with Crippen molar-refractivity contribution in [1.29, 1.82) is 0 Å². The van der Waals surface area contributed by atoms with Crippen LogP contribution in [0.25, 0.3) is 0 Å². The van der Waals surface area contributed by atoms with Crippen molar-refractivity contribution in [2.45, 2.75) is 6.42 Å². The van der Waals surface area contributed by atoms with Crippen LogP contribution in [-0.2, 0) is 9.53 Å². The third-order valence-corrected chi connectivity index (χ3v) is 3.27. The van der Waals surface area contributed by atoms with E-state index in [4.69, 9.17) is 4.74 Å². The zero-order chi connectivity index (χ0) is 12.8. The highest BCUT2D eigenvalue weighted by atomic mass is 16.5. The fraction of sp³-hybridized carbons (Fsp3) is 0.500. The van der Waals surface area contributed by atoms with E-state index in [0.717, 1.165) is 26.1 Å². The molecule has 1 saturated heterocycles. The number of amides is 1. The Morgan fingerprint density at radius 2 is 2.22 bits per heavy atom. The number of anilines is 1. The first-order valence-electron chi connectivity index (χ1n) is 6.35. The Kier molecular flexibility index (Phi) is 4.59. The predicted molar refractivity (Wildman–Crippen MR) is 71.6 cm³/mol. The second-order valence-corrected chi connectivity index (χ2v) is 4.67. The monoisotopic (exact) mass is 248 g/mol. The molecule has 98 valence electrons. The molecule has 0 aromatic heterocycles. The van der Waals surface area contributed by atoms with Gasteiger partial charge in [-0.25, -0.2) is 0 Å². The smallest absolute Gasteiger partial charge is 0.245 e. The highest BCUT2D eigenvalue weighted by Crippen LogP contribution is 2.22. The van der Waals surface area contributed by atoms with Crippen LogP contribution in [0.5, 0.6) is 0 Å². The van der Waals surface area contributed by atoms with E-state index < -0.39 is 0 Å². The van der Waals surface area contributed by atoms with Crippen molar-refractivity contribution in [3.05, 3.63) is 30.3 Å². The third kappa shape index (κ3) is 3.47. The average Bonchev–Trinajstić information content (AvgIpc) is 2.87. The topological polar surface area (TPSA) is 41.6 Å². The van der Waals surface area contributed by atoms with Crippen molar-refractivity contribution in [2.75, 3.05) is 38.3 Å². The first kappa shape index (κ1) is 12.9. The van der Waals surface area contributed by atoms with Crippen LogP contribution in [0.4, 0.5) is 5.69 Å². The Hall–Kier alpha value is -1.55. The highest BCUT2D eigenvalue weighted by molar-refractivity contribution is 5.77. The molecule has 1 N–H and O–H groups in total. The van der Waals surface area contributed by atoms with Crippen molar-refractivity contribution in [2.24, 2.45) is 5.92 Å². The summed E-state index contributed by atoms with van der Waals surface area (Å²) in [4.78, 5) is 13.7. The molecule has 0 spiro atoms. The number of nitrogens with zero attached hydrogens (tertiary/aromatic N) is 1. The van der Waals surface area contributed by atoms with Crippen molar-refractivity contribution in [3.63, 3.8) is 0 Å². The van der Waals surface area contributed by atoms with Crippen molar-refractivity contribution in [1.82, 2.24) is 5.32 Å². The second kappa shape index (κ2) is 6.40. The first-order valence-corrected chi connectivity index (χ1v) is 6.35. The van der Waals surface area contributed by atoms with Crippen LogP contribution in [0.2, 0.25) is 0 Å². The normalized spacial score (nSPS) is 18.9. The molecule has 0 bridgehead atoms. The number of carbonyl (C=O) groups excluding carboxylic acids is 1. The molecular formula is C14H20N2O2. The third-order valence-electron chi connectivity index (χ3n) is 3.27. The lowest BCUT2D eigenvalue weighted by atomic mass is 10.1. The molecule has 0 radical (unpaired) electrons. The van der Waals surface area contributed by atoms with Gasteiger partial charge in [-0.05, 0) is 24.5 Å². The molecule has 1 heterocycles. The number of nitrogens with one attached hydrogen (secondary N) is 1. The minimum absolute atomic E-state index is 0.0318. The summed E-state index contributed by atoms with van der Waals surface area (Å²) in [5.74, 6) is 0.502. The van der Waals surface area contributed by atoms with E-state index in [9.17, 15) is 4.79 Å². The van der Waals surface area contributed by atoms with Gasteiger partial charge in [0.1, 0.15) is 6.61 Å². The van der Waals surface area contributed by atoms with Crippen LogP contribution in [0, 0.1) is 5.92 Å². The van der Waals surface area contributed by atoms with Crippen LogP contribution < -0.4 is 10.2 Å². The largest absolute Gasteiger partial charge is 0.375 e. The molecule has 2 rings (SSSR count). The Balaban J connectivity index is 1.77. The van der Waals surface area contributed by atoms with Crippen LogP contribution in [0.15, 0.2) is 30.3 Å². The molecular weight excluding hydrogens is 228 g/mol. The molecule has 1 amide bonds. The molecule has 1 atom stereocenters. The summed E-state index contributed by atoms with van der Waals surface area (Å²) >= 11 is 0. The Morgan fingerprint density at radius 1 is 1.44 bits per heavy atom. The number of ether oxygens (including phenoxy) is 1. The maximum absolute atomic E-state index is 11.3. The molecule has 4 nitrogen and oxygen atoms in total. The fourth-order valence-corrected chi connectivity index (χ4v) is 2.31. The fourth-order valence-electron chi connectivity index (χ4n) is 2.31. The van der Waals surface area contributed by atoms with Gasteiger partial charge in [-0.1, -0.05) is 18.2 Å². The number of hydrogen-bond acceptors (Lipinski definition) is 3. The van der Waals surface area contributed by atoms with E-state index in [1.165, 1.54) is 12.8 Å². The van der Waals surface area contributed by atoms with Gasteiger partial charge in [-0.3, -0.25) is 4.79 Å². The van der Waals surface area contributed by atoms with Gasteiger partial charge < -0.3 is 15.0 Å². The molecule has 1 aliphatic heterocycles. The molecule has 1 aliphatic rings. The van der Waals surface area contributed by atoms with Gasteiger partial charge in [0.05, 0.1) is 0 Å². The van der Waals surface area contributed by atoms with E-state index in [1.54, 1.807) is 0 Å². The average molecular weight is 248 g/mol. The van der Waals surface area contributed by atoms with Crippen LogP contribution >= 0.6 is 0 Å². The van der Waals surface area contributed by atoms with E-state index >= 15 is 0 Å². The van der Waals surface area contributed by atoms with E-state index in [2.05, 4.69) is 34.5 Å². The summed E-state index contributed by atoms with van der Waals surface area (Å²) in [6.07, 6.45) is 1.13. The van der Waals surface area contributed by atoms with Gasteiger partial charge in [-0.15, -0.1) is 0 Å². The minimum Gasteiger partial charge on any atom is -0.375 e. The first-order chi connectivity index (χ1) is 8.79. The summed E-state index contributed by atoms with van der Waals surface area (Å²) in [6, 6.07) is 10.4. The summed E-state index contributed by atoms with van der Waals surface area (Å²) in [5.41, 5.74) is 1.27. The van der Waals surface area contributed by atoms with Gasteiger partial charge >= 0.3 is 0 Å². The maximum Gasteiger partial charge on any atom is 0.245 e. The van der Waals surface area contributed by atoms with Gasteiger partial charge in [0.2, 0.25) is 5.91 Å². The highest BCUT2D eigenvalue weighted by Gasteiger charge is 2.22.